The van der Waals surface area contributed by atoms with E-state index in [4.69, 9.17) is 9.15 Å². The number of hydrogen-bond acceptors (Lipinski definition) is 5. The van der Waals surface area contributed by atoms with Crippen LogP contribution in [0.1, 0.15) is 32.6 Å². The number of anilines is 1. The van der Waals surface area contributed by atoms with E-state index in [1.807, 2.05) is 68.1 Å². The molecule has 3 aromatic rings. The molecule has 0 aliphatic rings. The van der Waals surface area contributed by atoms with Gasteiger partial charge in [-0.1, -0.05) is 6.92 Å². The molecule has 0 unspecified atom stereocenters. The van der Waals surface area contributed by atoms with E-state index < -0.39 is 0 Å². The highest BCUT2D eigenvalue weighted by atomic mass is 16.5. The van der Waals surface area contributed by atoms with Crippen molar-refractivity contribution >= 4 is 11.7 Å². The standard InChI is InChI=1S/C20H25N5O3/c1-4-18-22-23-19(28-18)14-24(5-2)20(26)21-15-9-10-17(27-6-3)16(13-15)25-11-7-8-12-25/h7-13H,4-6,14H2,1-3H3,(H,21,26). The maximum atomic E-state index is 12.7. The second-order valence-electron chi connectivity index (χ2n) is 6.09. The van der Waals surface area contributed by atoms with E-state index >= 15 is 0 Å². The Hall–Kier alpha value is -3.29. The molecular formula is C20H25N5O3. The summed E-state index contributed by atoms with van der Waals surface area (Å²) in [6, 6.07) is 9.21. The largest absolute Gasteiger partial charge is 0.492 e. The van der Waals surface area contributed by atoms with Gasteiger partial charge in [0.15, 0.2) is 0 Å². The van der Waals surface area contributed by atoms with Crippen LogP contribution in [0.2, 0.25) is 0 Å². The van der Waals surface area contributed by atoms with Crippen LogP contribution in [0, 0.1) is 0 Å². The Bertz CT molecular complexity index is 904. The van der Waals surface area contributed by atoms with Gasteiger partial charge >= 0.3 is 6.03 Å². The zero-order chi connectivity index (χ0) is 19.9. The Kier molecular flexibility index (Phi) is 6.31. The van der Waals surface area contributed by atoms with Gasteiger partial charge in [0.05, 0.1) is 12.3 Å². The molecule has 2 amide bonds. The van der Waals surface area contributed by atoms with Crippen molar-refractivity contribution in [1.82, 2.24) is 19.7 Å². The fourth-order valence-electron chi connectivity index (χ4n) is 2.76. The minimum absolute atomic E-state index is 0.235. The Morgan fingerprint density at radius 2 is 1.93 bits per heavy atom. The number of ether oxygens (including phenoxy) is 1. The number of aryl methyl sites for hydroxylation is 1. The molecule has 1 N–H and O–H groups in total. The minimum atomic E-state index is -0.235. The number of nitrogens with zero attached hydrogens (tertiary/aromatic N) is 4. The first-order chi connectivity index (χ1) is 13.6. The number of benzene rings is 1. The van der Waals surface area contributed by atoms with Crippen molar-refractivity contribution in [2.75, 3.05) is 18.5 Å². The summed E-state index contributed by atoms with van der Waals surface area (Å²) in [5, 5.41) is 10.9. The van der Waals surface area contributed by atoms with Crippen LogP contribution < -0.4 is 10.1 Å². The predicted molar refractivity (Wildman–Crippen MR) is 106 cm³/mol. The highest BCUT2D eigenvalue weighted by molar-refractivity contribution is 5.89. The van der Waals surface area contributed by atoms with Gasteiger partial charge in [0, 0.05) is 31.0 Å². The third-order valence-electron chi connectivity index (χ3n) is 4.20. The lowest BCUT2D eigenvalue weighted by Gasteiger charge is -2.20. The first kappa shape index (κ1) is 19.5. The molecule has 0 saturated carbocycles. The first-order valence-corrected chi connectivity index (χ1v) is 9.41. The van der Waals surface area contributed by atoms with Gasteiger partial charge in [-0.2, -0.15) is 0 Å². The van der Waals surface area contributed by atoms with Crippen molar-refractivity contribution in [3.8, 4) is 11.4 Å². The maximum absolute atomic E-state index is 12.7. The van der Waals surface area contributed by atoms with Gasteiger partial charge in [-0.15, -0.1) is 10.2 Å². The molecule has 8 nitrogen and oxygen atoms in total. The third-order valence-corrected chi connectivity index (χ3v) is 4.20. The smallest absolute Gasteiger partial charge is 0.322 e. The number of carbonyl (C=O) groups is 1. The lowest BCUT2D eigenvalue weighted by molar-refractivity contribution is 0.205. The Morgan fingerprint density at radius 3 is 2.57 bits per heavy atom. The summed E-state index contributed by atoms with van der Waals surface area (Å²) in [5.41, 5.74) is 1.53. The van der Waals surface area contributed by atoms with E-state index in [1.54, 1.807) is 4.90 Å². The second kappa shape index (κ2) is 9.07. The number of amides is 2. The van der Waals surface area contributed by atoms with Gasteiger partial charge in [0.25, 0.3) is 0 Å². The Balaban J connectivity index is 1.75. The lowest BCUT2D eigenvalue weighted by atomic mass is 10.2. The van der Waals surface area contributed by atoms with Gasteiger partial charge in [-0.05, 0) is 44.2 Å². The topological polar surface area (TPSA) is 85.4 Å². The van der Waals surface area contributed by atoms with Gasteiger partial charge in [0.1, 0.15) is 12.3 Å². The number of nitrogens with one attached hydrogen (secondary N) is 1. The molecule has 28 heavy (non-hydrogen) atoms. The molecule has 148 valence electrons. The number of aromatic nitrogens is 3. The van der Waals surface area contributed by atoms with Gasteiger partial charge in [-0.25, -0.2) is 4.79 Å². The summed E-state index contributed by atoms with van der Waals surface area (Å²) in [5.74, 6) is 1.74. The van der Waals surface area contributed by atoms with Gasteiger partial charge < -0.3 is 23.9 Å². The lowest BCUT2D eigenvalue weighted by Crippen LogP contribution is -2.34. The molecule has 0 fully saturated rings. The summed E-state index contributed by atoms with van der Waals surface area (Å²) in [6.07, 6.45) is 4.53. The minimum Gasteiger partial charge on any atom is -0.492 e. The molecule has 0 spiro atoms. The first-order valence-electron chi connectivity index (χ1n) is 9.41. The van der Waals surface area contributed by atoms with Crippen molar-refractivity contribution in [2.45, 2.75) is 33.7 Å². The summed E-state index contributed by atoms with van der Waals surface area (Å²) < 4.78 is 13.2. The Labute approximate surface area is 164 Å². The molecule has 0 saturated heterocycles. The third kappa shape index (κ3) is 4.51. The SMILES string of the molecule is CCOc1ccc(NC(=O)N(CC)Cc2nnc(CC)o2)cc1-n1cccc1. The van der Waals surface area contributed by atoms with Crippen molar-refractivity contribution in [1.29, 1.82) is 0 Å². The second-order valence-corrected chi connectivity index (χ2v) is 6.09. The summed E-state index contributed by atoms with van der Waals surface area (Å²) in [6.45, 7) is 7.12. The maximum Gasteiger partial charge on any atom is 0.322 e. The molecule has 8 heteroatoms. The molecule has 0 radical (unpaired) electrons. The van der Waals surface area contributed by atoms with E-state index in [2.05, 4.69) is 15.5 Å². The van der Waals surface area contributed by atoms with Crippen LogP contribution >= 0.6 is 0 Å². The van der Waals surface area contributed by atoms with Crippen LogP contribution in [-0.4, -0.2) is 38.8 Å². The molecule has 1 aromatic carbocycles. The normalized spacial score (nSPS) is 10.7. The molecule has 0 aliphatic heterocycles. The fraction of sp³-hybridized carbons (Fsp3) is 0.350. The van der Waals surface area contributed by atoms with Crippen molar-refractivity contribution in [3.63, 3.8) is 0 Å². The molecule has 2 aromatic heterocycles. The van der Waals surface area contributed by atoms with Gasteiger partial charge in [-0.3, -0.25) is 0 Å². The molecule has 2 heterocycles. The highest BCUT2D eigenvalue weighted by Crippen LogP contribution is 2.27. The Morgan fingerprint density at radius 1 is 1.18 bits per heavy atom. The summed E-state index contributed by atoms with van der Waals surface area (Å²) in [4.78, 5) is 14.3. The quantitative estimate of drug-likeness (QED) is 0.638. The zero-order valence-corrected chi connectivity index (χ0v) is 16.4. The molecule has 0 bridgehead atoms. The van der Waals surface area contributed by atoms with Gasteiger partial charge in [0.2, 0.25) is 11.8 Å². The fourth-order valence-corrected chi connectivity index (χ4v) is 2.76. The van der Waals surface area contributed by atoms with E-state index in [9.17, 15) is 4.79 Å². The van der Waals surface area contributed by atoms with Crippen LogP contribution in [0.4, 0.5) is 10.5 Å². The van der Waals surface area contributed by atoms with Crippen LogP contribution in [0.15, 0.2) is 47.1 Å². The van der Waals surface area contributed by atoms with E-state index in [1.165, 1.54) is 0 Å². The van der Waals surface area contributed by atoms with E-state index in [0.717, 1.165) is 11.4 Å². The molecule has 3 rings (SSSR count). The van der Waals surface area contributed by atoms with Crippen molar-refractivity contribution < 1.29 is 13.9 Å². The number of rotatable bonds is 8. The highest BCUT2D eigenvalue weighted by Gasteiger charge is 2.17. The zero-order valence-electron chi connectivity index (χ0n) is 16.4. The number of urea groups is 1. The van der Waals surface area contributed by atoms with Crippen LogP contribution in [-0.2, 0) is 13.0 Å². The predicted octanol–water partition coefficient (Wildman–Crippen LogP) is 3.88. The average molecular weight is 383 g/mol. The van der Waals surface area contributed by atoms with E-state index in [0.29, 0.717) is 37.0 Å². The van der Waals surface area contributed by atoms with Crippen LogP contribution in [0.25, 0.3) is 5.69 Å². The molecule has 0 atom stereocenters. The van der Waals surface area contributed by atoms with Crippen molar-refractivity contribution in [2.24, 2.45) is 0 Å². The summed E-state index contributed by atoms with van der Waals surface area (Å²) >= 11 is 0. The number of carbonyl (C=O) groups excluding carboxylic acids is 1. The monoisotopic (exact) mass is 383 g/mol. The molecule has 0 aliphatic carbocycles. The van der Waals surface area contributed by atoms with Crippen LogP contribution in [0.3, 0.4) is 0 Å². The molecular weight excluding hydrogens is 358 g/mol. The average Bonchev–Trinajstić information content (AvgIpc) is 3.39. The number of hydrogen-bond donors (Lipinski definition) is 1. The van der Waals surface area contributed by atoms with Crippen molar-refractivity contribution in [3.05, 3.63) is 54.5 Å². The summed E-state index contributed by atoms with van der Waals surface area (Å²) in [7, 11) is 0. The van der Waals surface area contributed by atoms with E-state index in [-0.39, 0.29) is 12.6 Å². The van der Waals surface area contributed by atoms with Crippen LogP contribution in [0.5, 0.6) is 5.75 Å².